The third kappa shape index (κ3) is 1.70. The van der Waals surface area contributed by atoms with E-state index in [-0.39, 0.29) is 0 Å². The van der Waals surface area contributed by atoms with Crippen molar-refractivity contribution in [2.24, 2.45) is 7.05 Å². The van der Waals surface area contributed by atoms with Crippen LogP contribution >= 0.6 is 0 Å². The highest BCUT2D eigenvalue weighted by Gasteiger charge is 2.10. The minimum atomic E-state index is 0.695. The van der Waals surface area contributed by atoms with Gasteiger partial charge in [-0.1, -0.05) is 6.92 Å². The van der Waals surface area contributed by atoms with Crippen LogP contribution in [0.4, 0.5) is 5.69 Å². The molecule has 0 aromatic carbocycles. The summed E-state index contributed by atoms with van der Waals surface area (Å²) in [7, 11) is 1.92. The number of aryl methyl sites for hydroxylation is 2. The SMILES string of the molecule is CCc1nn(C)cc1-c1ccncc1N. The summed E-state index contributed by atoms with van der Waals surface area (Å²) in [6.45, 7) is 2.09. The highest BCUT2D eigenvalue weighted by Crippen LogP contribution is 2.27. The van der Waals surface area contributed by atoms with Crippen LogP contribution in [0.25, 0.3) is 11.1 Å². The van der Waals surface area contributed by atoms with E-state index >= 15 is 0 Å². The van der Waals surface area contributed by atoms with Crippen LogP contribution in [0.15, 0.2) is 24.7 Å². The average molecular weight is 202 g/mol. The highest BCUT2D eigenvalue weighted by atomic mass is 15.2. The van der Waals surface area contributed by atoms with Gasteiger partial charge in [-0.3, -0.25) is 9.67 Å². The molecule has 0 amide bonds. The Morgan fingerprint density at radius 3 is 2.87 bits per heavy atom. The predicted octanol–water partition coefficient (Wildman–Crippen LogP) is 1.63. The third-order valence-corrected chi connectivity index (χ3v) is 2.38. The van der Waals surface area contributed by atoms with Crippen LogP contribution in [0.2, 0.25) is 0 Å². The Labute approximate surface area is 88.8 Å². The van der Waals surface area contributed by atoms with Gasteiger partial charge in [-0.25, -0.2) is 0 Å². The van der Waals surface area contributed by atoms with Crippen LogP contribution in [0, 0.1) is 0 Å². The molecular weight excluding hydrogens is 188 g/mol. The molecule has 2 aromatic rings. The lowest BCUT2D eigenvalue weighted by Crippen LogP contribution is -1.92. The molecule has 15 heavy (non-hydrogen) atoms. The molecule has 4 heteroatoms. The van der Waals surface area contributed by atoms with Crippen molar-refractivity contribution >= 4 is 5.69 Å². The first-order chi connectivity index (χ1) is 7.22. The molecule has 2 heterocycles. The van der Waals surface area contributed by atoms with Gasteiger partial charge in [0.1, 0.15) is 0 Å². The van der Waals surface area contributed by atoms with E-state index in [9.17, 15) is 0 Å². The van der Waals surface area contributed by atoms with E-state index in [2.05, 4.69) is 17.0 Å². The minimum absolute atomic E-state index is 0.695. The number of anilines is 1. The molecule has 0 saturated carbocycles. The van der Waals surface area contributed by atoms with E-state index in [4.69, 9.17) is 5.73 Å². The van der Waals surface area contributed by atoms with Gasteiger partial charge in [-0.05, 0) is 12.5 Å². The van der Waals surface area contributed by atoms with Crippen LogP contribution in [0.3, 0.4) is 0 Å². The fraction of sp³-hybridized carbons (Fsp3) is 0.273. The fourth-order valence-electron chi connectivity index (χ4n) is 1.67. The lowest BCUT2D eigenvalue weighted by atomic mass is 10.1. The molecule has 0 unspecified atom stereocenters. The third-order valence-electron chi connectivity index (χ3n) is 2.38. The highest BCUT2D eigenvalue weighted by molar-refractivity contribution is 5.76. The largest absolute Gasteiger partial charge is 0.397 e. The van der Waals surface area contributed by atoms with Gasteiger partial charge in [-0.2, -0.15) is 5.10 Å². The number of nitrogens with zero attached hydrogens (tertiary/aromatic N) is 3. The van der Waals surface area contributed by atoms with Gasteiger partial charge in [0, 0.05) is 30.6 Å². The number of pyridine rings is 1. The summed E-state index contributed by atoms with van der Waals surface area (Å²) in [5.41, 5.74) is 9.75. The number of aromatic nitrogens is 3. The van der Waals surface area contributed by atoms with E-state index in [1.54, 1.807) is 12.4 Å². The molecule has 0 aliphatic heterocycles. The van der Waals surface area contributed by atoms with Crippen molar-refractivity contribution in [2.45, 2.75) is 13.3 Å². The maximum Gasteiger partial charge on any atom is 0.0700 e. The first-order valence-electron chi connectivity index (χ1n) is 4.94. The zero-order valence-corrected chi connectivity index (χ0v) is 8.94. The average Bonchev–Trinajstić information content (AvgIpc) is 2.60. The van der Waals surface area contributed by atoms with Crippen molar-refractivity contribution in [3.05, 3.63) is 30.4 Å². The van der Waals surface area contributed by atoms with E-state index in [1.165, 1.54) is 0 Å². The van der Waals surface area contributed by atoms with E-state index in [1.807, 2.05) is 24.0 Å². The molecule has 0 aliphatic carbocycles. The number of rotatable bonds is 2. The van der Waals surface area contributed by atoms with Gasteiger partial charge in [-0.15, -0.1) is 0 Å². The number of nitrogen functional groups attached to an aromatic ring is 1. The smallest absolute Gasteiger partial charge is 0.0700 e. The Kier molecular flexibility index (Phi) is 2.41. The first-order valence-corrected chi connectivity index (χ1v) is 4.94. The molecule has 2 N–H and O–H groups in total. The van der Waals surface area contributed by atoms with Gasteiger partial charge < -0.3 is 5.73 Å². The monoisotopic (exact) mass is 202 g/mol. The summed E-state index contributed by atoms with van der Waals surface area (Å²) >= 11 is 0. The molecule has 0 saturated heterocycles. The van der Waals surface area contributed by atoms with Gasteiger partial charge in [0.25, 0.3) is 0 Å². The quantitative estimate of drug-likeness (QED) is 0.805. The summed E-state index contributed by atoms with van der Waals surface area (Å²) in [6.07, 6.45) is 6.31. The first kappa shape index (κ1) is 9.71. The maximum atomic E-state index is 5.89. The van der Waals surface area contributed by atoms with Gasteiger partial charge in [0.2, 0.25) is 0 Å². The summed E-state index contributed by atoms with van der Waals surface area (Å²) in [6, 6.07) is 1.92. The number of nitrogens with two attached hydrogens (primary N) is 1. The summed E-state index contributed by atoms with van der Waals surface area (Å²) in [5, 5.41) is 4.39. The summed E-state index contributed by atoms with van der Waals surface area (Å²) < 4.78 is 1.81. The lowest BCUT2D eigenvalue weighted by Gasteiger charge is -2.03. The zero-order valence-electron chi connectivity index (χ0n) is 8.94. The van der Waals surface area contributed by atoms with Crippen molar-refractivity contribution in [1.29, 1.82) is 0 Å². The zero-order chi connectivity index (χ0) is 10.8. The van der Waals surface area contributed by atoms with Crippen LogP contribution in [-0.2, 0) is 13.5 Å². The van der Waals surface area contributed by atoms with Crippen molar-refractivity contribution in [3.63, 3.8) is 0 Å². The second-order valence-corrected chi connectivity index (χ2v) is 3.48. The minimum Gasteiger partial charge on any atom is -0.397 e. The van der Waals surface area contributed by atoms with E-state index in [0.29, 0.717) is 5.69 Å². The van der Waals surface area contributed by atoms with Gasteiger partial charge >= 0.3 is 0 Å². The molecule has 2 aromatic heterocycles. The molecule has 2 rings (SSSR count). The van der Waals surface area contributed by atoms with E-state index < -0.39 is 0 Å². The second-order valence-electron chi connectivity index (χ2n) is 3.48. The number of hydrogen-bond acceptors (Lipinski definition) is 3. The van der Waals surface area contributed by atoms with Gasteiger partial charge in [0.05, 0.1) is 17.6 Å². The number of hydrogen-bond donors (Lipinski definition) is 1. The summed E-state index contributed by atoms with van der Waals surface area (Å²) in [5.74, 6) is 0. The van der Waals surface area contributed by atoms with Crippen molar-refractivity contribution in [1.82, 2.24) is 14.8 Å². The summed E-state index contributed by atoms with van der Waals surface area (Å²) in [4.78, 5) is 3.98. The van der Waals surface area contributed by atoms with E-state index in [0.717, 1.165) is 23.2 Å². The standard InChI is InChI=1S/C11H14N4/c1-3-11-9(7-15(2)14-11)8-4-5-13-6-10(8)12/h4-7H,3,12H2,1-2H3. The normalized spacial score (nSPS) is 10.5. The molecule has 78 valence electrons. The van der Waals surface area contributed by atoms with Gasteiger partial charge in [0.15, 0.2) is 0 Å². The maximum absolute atomic E-state index is 5.89. The Balaban J connectivity index is 2.58. The van der Waals surface area contributed by atoms with Crippen LogP contribution in [0.1, 0.15) is 12.6 Å². The van der Waals surface area contributed by atoms with Crippen LogP contribution in [-0.4, -0.2) is 14.8 Å². The molecule has 0 radical (unpaired) electrons. The van der Waals surface area contributed by atoms with Crippen molar-refractivity contribution < 1.29 is 0 Å². The molecule has 0 atom stereocenters. The molecule has 0 fully saturated rings. The fourth-order valence-corrected chi connectivity index (χ4v) is 1.67. The molecule has 0 spiro atoms. The Hall–Kier alpha value is -1.84. The Morgan fingerprint density at radius 1 is 1.40 bits per heavy atom. The van der Waals surface area contributed by atoms with Crippen molar-refractivity contribution in [2.75, 3.05) is 5.73 Å². The molecule has 0 aliphatic rings. The Bertz CT molecular complexity index is 473. The second kappa shape index (κ2) is 3.73. The molecular formula is C11H14N4. The lowest BCUT2D eigenvalue weighted by molar-refractivity contribution is 0.746. The predicted molar refractivity (Wildman–Crippen MR) is 60.2 cm³/mol. The molecule has 0 bridgehead atoms. The van der Waals surface area contributed by atoms with Crippen LogP contribution in [0.5, 0.6) is 0 Å². The Morgan fingerprint density at radius 2 is 2.20 bits per heavy atom. The topological polar surface area (TPSA) is 56.7 Å². The molecule has 4 nitrogen and oxygen atoms in total. The van der Waals surface area contributed by atoms with Crippen molar-refractivity contribution in [3.8, 4) is 11.1 Å². The van der Waals surface area contributed by atoms with Crippen LogP contribution < -0.4 is 5.73 Å².